The van der Waals surface area contributed by atoms with Gasteiger partial charge in [0.25, 0.3) is 0 Å². The molecule has 4 fully saturated rings. The third-order valence-corrected chi connectivity index (χ3v) is 17.3. The van der Waals surface area contributed by atoms with Gasteiger partial charge in [-0.05, 0) is 30.7 Å². The van der Waals surface area contributed by atoms with Crippen LogP contribution in [0.3, 0.4) is 0 Å². The quantitative estimate of drug-likeness (QED) is 0.0274. The van der Waals surface area contributed by atoms with Crippen LogP contribution in [-0.2, 0) is 79.4 Å². The summed E-state index contributed by atoms with van der Waals surface area (Å²) in [7, 11) is 1.24. The predicted molar refractivity (Wildman–Crippen MR) is 309 cm³/mol. The van der Waals surface area contributed by atoms with E-state index in [-0.39, 0.29) is 40.2 Å². The molecule has 0 unspecified atom stereocenters. The van der Waals surface area contributed by atoms with E-state index in [1.807, 2.05) is 0 Å². The number of benzene rings is 3. The Morgan fingerprint density at radius 3 is 1.93 bits per heavy atom. The van der Waals surface area contributed by atoms with Gasteiger partial charge in [-0.3, -0.25) is 28.8 Å². The largest absolute Gasteiger partial charge is 0.508 e. The number of Topliss-reactive ketones (excluding diaryl/α,β-unsaturated/α-hetero) is 1. The zero-order valence-electron chi connectivity index (χ0n) is 51.0. The molecule has 6 aliphatic rings. The number of phenolic OH excluding ortho intramolecular Hbond substituents is 3. The van der Waals surface area contributed by atoms with Gasteiger partial charge in [-0.2, -0.15) is 0 Å². The van der Waals surface area contributed by atoms with Gasteiger partial charge in [0, 0.05) is 42.4 Å². The Kier molecular flexibility index (Phi) is 23.4. The molecule has 96 heavy (non-hydrogen) atoms. The molecule has 9 rings (SSSR count). The van der Waals surface area contributed by atoms with E-state index in [1.54, 1.807) is 0 Å². The number of aliphatic hydroxyl groups excluding tert-OH is 11. The number of fused-ring (bicyclic) bond motifs is 3. The number of carboxylic acids is 1. The maximum absolute atomic E-state index is 14.2. The van der Waals surface area contributed by atoms with Crippen LogP contribution in [0.5, 0.6) is 23.0 Å². The second-order valence-electron chi connectivity index (χ2n) is 23.8. The van der Waals surface area contributed by atoms with E-state index < -0.39 is 264 Å². The van der Waals surface area contributed by atoms with E-state index in [0.717, 1.165) is 0 Å². The molecule has 0 radical (unpaired) electrons. The lowest BCUT2D eigenvalue weighted by molar-refractivity contribution is -0.378. The first-order valence-electron chi connectivity index (χ1n) is 30.1. The third kappa shape index (κ3) is 15.4. The highest BCUT2D eigenvalue weighted by Gasteiger charge is 2.55. The summed E-state index contributed by atoms with van der Waals surface area (Å²) in [6.45, 7) is -5.01. The first-order chi connectivity index (χ1) is 45.5. The number of phenols is 3. The van der Waals surface area contributed by atoms with Crippen LogP contribution in [0.2, 0.25) is 0 Å². The second kappa shape index (κ2) is 30.8. The standard InChI is InChI=1S/C60H75N3O33/c1-21-42(72)26(11-37(90-21)91-29-13-60(86,33(67)16-65)12-25-39(29)47(77)41-40(44(25)74)43(73)24-4-3-5-28(87-2)38(24)46(41)76)62-34(68)14-61-56(84)27(10-22-6-8-23(66)9-7-22)63-35(69)19-88-18-32-55(96-58-52(82)48(78)45(75)30(15-64)93-58)50(80)53(83)59(94-32)95-54-31(17-89-20-36(70)71)92-57(85)51(81)49(54)79/h3-9,21,26-27,29-32,37,42,45,48-55,57-59,64-66,72,74-75,77-83,85-86H,10-20H2,1-2H3,(H,61,84)(H,62,68)(H,63,69)(H,70,71)/t21-,26-,27-,29+,30+,31+,32+,37-,42+,45+,48-,49+,50+,51+,52+,53+,54-,55-,57-,58+,59+,60-/m0/s1. The lowest BCUT2D eigenvalue weighted by atomic mass is 9.72. The number of carboxylic acid groups (broad SMARTS) is 1. The van der Waals surface area contributed by atoms with Crippen LogP contribution in [0.1, 0.15) is 74.4 Å². The van der Waals surface area contributed by atoms with E-state index in [1.165, 1.54) is 56.5 Å². The van der Waals surface area contributed by atoms with Gasteiger partial charge in [-0.25, -0.2) is 4.79 Å². The maximum atomic E-state index is 14.2. The fraction of sp³-hybridized carbons (Fsp3) is 0.583. The Bertz CT molecular complexity index is 3340. The van der Waals surface area contributed by atoms with E-state index in [0.29, 0.717) is 5.56 Å². The zero-order valence-corrected chi connectivity index (χ0v) is 51.0. The molecule has 4 heterocycles. The molecule has 0 aromatic heterocycles. The molecule has 0 saturated carbocycles. The summed E-state index contributed by atoms with van der Waals surface area (Å²) in [4.78, 5) is 94.0. The highest BCUT2D eigenvalue weighted by atomic mass is 16.8. The number of ether oxygens (including phenoxy) is 10. The lowest BCUT2D eigenvalue weighted by Crippen LogP contribution is -2.66. The topological polar surface area (TPSA) is 572 Å². The number of nitrogens with one attached hydrogen (secondary N) is 3. The number of methoxy groups -OCH3 is 1. The average molecular weight is 1370 g/mol. The summed E-state index contributed by atoms with van der Waals surface area (Å²) in [5.74, 6) is -9.35. The molecule has 36 nitrogen and oxygen atoms in total. The van der Waals surface area contributed by atoms with Gasteiger partial charge in [-0.15, -0.1) is 0 Å². The van der Waals surface area contributed by atoms with Gasteiger partial charge < -0.3 is 145 Å². The molecule has 2 aliphatic carbocycles. The molecule has 4 saturated heterocycles. The zero-order chi connectivity index (χ0) is 69.9. The molecule has 3 amide bonds. The highest BCUT2D eigenvalue weighted by Crippen LogP contribution is 2.53. The molecular weight excluding hydrogens is 1290 g/mol. The maximum Gasteiger partial charge on any atom is 0.329 e. The number of carbonyl (C=O) groups excluding carboxylic acids is 6. The van der Waals surface area contributed by atoms with Crippen LogP contribution in [0, 0.1) is 0 Å². The smallest absolute Gasteiger partial charge is 0.329 e. The van der Waals surface area contributed by atoms with Gasteiger partial charge in [0.15, 0.2) is 36.7 Å². The van der Waals surface area contributed by atoms with Crippen molar-refractivity contribution in [3.8, 4) is 23.0 Å². The van der Waals surface area contributed by atoms with Crippen molar-refractivity contribution in [3.63, 3.8) is 0 Å². The number of carbonyl (C=O) groups is 7. The number of rotatable bonds is 25. The summed E-state index contributed by atoms with van der Waals surface area (Å²) in [6, 6.07) is 6.64. The van der Waals surface area contributed by atoms with Crippen molar-refractivity contribution in [1.82, 2.24) is 16.0 Å². The van der Waals surface area contributed by atoms with Crippen molar-refractivity contribution in [2.75, 3.05) is 53.3 Å². The summed E-state index contributed by atoms with van der Waals surface area (Å²) < 4.78 is 56.4. The Balaban J connectivity index is 0.878. The van der Waals surface area contributed by atoms with Crippen molar-refractivity contribution in [3.05, 3.63) is 81.4 Å². The molecule has 19 N–H and O–H groups in total. The molecule has 0 spiro atoms. The normalized spacial score (nSPS) is 33.8. The molecule has 528 valence electrons. The van der Waals surface area contributed by atoms with Crippen molar-refractivity contribution >= 4 is 41.0 Å². The molecule has 0 bridgehead atoms. The molecule has 22 atom stereocenters. The average Bonchev–Trinajstić information content (AvgIpc) is 0.711. The van der Waals surface area contributed by atoms with Gasteiger partial charge in [-0.1, -0.05) is 24.3 Å². The van der Waals surface area contributed by atoms with Crippen molar-refractivity contribution in [2.45, 2.75) is 167 Å². The summed E-state index contributed by atoms with van der Waals surface area (Å²) >= 11 is 0. The van der Waals surface area contributed by atoms with E-state index >= 15 is 0 Å². The number of aliphatic hydroxyl groups is 12. The van der Waals surface area contributed by atoms with Gasteiger partial charge >= 0.3 is 5.97 Å². The summed E-state index contributed by atoms with van der Waals surface area (Å²) in [5, 5.41) is 179. The SMILES string of the molecule is COc1cccc2c1C(=O)c1c(O)c3c(c(O)c1C2=O)C[C@@](O)(C(=O)CO)C[C@H]3O[C@H]1C[C@H](NC(=O)CNC(=O)[C@H](Cc2ccc(O)cc2)NC(=O)COC[C@H]2O[C@H](O[C@@H]3[C@H](O)[C@@H](O)[C@@H](O)O[C@@H]3COCC(=O)O)[C@H](O)[C@@H](O)[C@H]2O[C@H]2O[C@H](CO)[C@@H](O)[C@H](O)[C@H]2O)[C@H](O)[C@H](C)O1. The highest BCUT2D eigenvalue weighted by molar-refractivity contribution is 6.31. The molecule has 3 aromatic rings. The van der Waals surface area contributed by atoms with Crippen LogP contribution in [0.25, 0.3) is 0 Å². The minimum Gasteiger partial charge on any atom is -0.508 e. The van der Waals surface area contributed by atoms with Crippen LogP contribution in [0.4, 0.5) is 0 Å². The number of hydrogen-bond acceptors (Lipinski definition) is 32. The van der Waals surface area contributed by atoms with Crippen LogP contribution >= 0.6 is 0 Å². The Labute approximate surface area is 542 Å². The Morgan fingerprint density at radius 2 is 1.29 bits per heavy atom. The Morgan fingerprint density at radius 1 is 0.677 bits per heavy atom. The fourth-order valence-corrected chi connectivity index (χ4v) is 12.3. The number of amides is 3. The summed E-state index contributed by atoms with van der Waals surface area (Å²) in [5.41, 5.74) is -4.58. The fourth-order valence-electron chi connectivity index (χ4n) is 12.3. The first kappa shape index (κ1) is 73.2. The predicted octanol–water partition coefficient (Wildman–Crippen LogP) is -7.72. The van der Waals surface area contributed by atoms with Crippen LogP contribution < -0.4 is 20.7 Å². The van der Waals surface area contributed by atoms with E-state index in [9.17, 15) is 110 Å². The monoisotopic (exact) mass is 1370 g/mol. The summed E-state index contributed by atoms with van der Waals surface area (Å²) in [6.07, 6.45) is -37.4. The molecule has 3 aromatic carbocycles. The number of aromatic hydroxyl groups is 3. The minimum absolute atomic E-state index is 0.0330. The molecular formula is C60H75N3O33. The molecule has 4 aliphatic heterocycles. The number of ketones is 3. The third-order valence-electron chi connectivity index (χ3n) is 17.3. The second-order valence-corrected chi connectivity index (χ2v) is 23.8. The van der Waals surface area contributed by atoms with Crippen molar-refractivity contribution in [1.29, 1.82) is 0 Å². The lowest BCUT2D eigenvalue weighted by Gasteiger charge is -2.48. The Hall–Kier alpha value is -7.09. The number of aliphatic carboxylic acids is 1. The van der Waals surface area contributed by atoms with Crippen LogP contribution in [0.15, 0.2) is 42.5 Å². The number of hydrogen-bond donors (Lipinski definition) is 19. The minimum atomic E-state index is -2.51. The van der Waals surface area contributed by atoms with Gasteiger partial charge in [0.1, 0.15) is 134 Å². The molecule has 36 heteroatoms. The van der Waals surface area contributed by atoms with Crippen molar-refractivity contribution < 1.29 is 163 Å². The van der Waals surface area contributed by atoms with Crippen LogP contribution in [-0.4, -0.2) is 304 Å². The first-order valence-corrected chi connectivity index (χ1v) is 30.1. The van der Waals surface area contributed by atoms with Gasteiger partial charge in [0.05, 0.1) is 68.4 Å². The van der Waals surface area contributed by atoms with Crippen molar-refractivity contribution in [2.24, 2.45) is 0 Å². The van der Waals surface area contributed by atoms with E-state index in [4.69, 9.17) is 52.5 Å². The van der Waals surface area contributed by atoms with Gasteiger partial charge in [0.2, 0.25) is 23.5 Å². The van der Waals surface area contributed by atoms with E-state index in [2.05, 4.69) is 16.0 Å².